The van der Waals surface area contributed by atoms with E-state index in [-0.39, 0.29) is 30.1 Å². The van der Waals surface area contributed by atoms with Crippen molar-refractivity contribution in [3.8, 4) is 0 Å². The van der Waals surface area contributed by atoms with Gasteiger partial charge in [-0.3, -0.25) is 9.89 Å². The van der Waals surface area contributed by atoms with Crippen molar-refractivity contribution in [2.45, 2.75) is 39.7 Å². The average molecular weight is 512 g/mol. The largest absolute Gasteiger partial charge is 0.381 e. The summed E-state index contributed by atoms with van der Waals surface area (Å²) in [6.45, 7) is 16.3. The van der Waals surface area contributed by atoms with Crippen LogP contribution in [0.2, 0.25) is 0 Å². The van der Waals surface area contributed by atoms with Crippen LogP contribution in [0.4, 0.5) is 0 Å². The summed E-state index contributed by atoms with van der Waals surface area (Å²) in [7, 11) is 0. The van der Waals surface area contributed by atoms with Crippen LogP contribution in [0.15, 0.2) is 4.99 Å². The lowest BCUT2D eigenvalue weighted by molar-refractivity contribution is -0.0261. The van der Waals surface area contributed by atoms with E-state index in [1.807, 2.05) is 0 Å². The van der Waals surface area contributed by atoms with E-state index >= 15 is 0 Å². The first-order valence-electron chi connectivity index (χ1n) is 10.7. The van der Waals surface area contributed by atoms with E-state index in [1.165, 1.54) is 0 Å². The highest BCUT2D eigenvalue weighted by Gasteiger charge is 2.20. The quantitative estimate of drug-likeness (QED) is 0.191. The molecule has 2 unspecified atom stereocenters. The highest BCUT2D eigenvalue weighted by atomic mass is 127. The van der Waals surface area contributed by atoms with Gasteiger partial charge in [0.05, 0.1) is 32.5 Å². The van der Waals surface area contributed by atoms with Gasteiger partial charge >= 0.3 is 0 Å². The number of nitrogens with one attached hydrogen (secondary N) is 2. The standard InChI is InChI=1S/C20H40N4O3.HI/c1-4-21-20(22-7-5-9-25-15-18-6-10-26-16-18)23-12-19-14-24(8-11-27-19)13-17(2)3;/h17-19H,4-16H2,1-3H3,(H2,21,22,23);1H. The first-order valence-corrected chi connectivity index (χ1v) is 10.7. The molecule has 2 fully saturated rings. The smallest absolute Gasteiger partial charge is 0.191 e. The Hall–Kier alpha value is -0.160. The van der Waals surface area contributed by atoms with E-state index in [9.17, 15) is 0 Å². The fourth-order valence-electron chi connectivity index (χ4n) is 3.45. The first kappa shape index (κ1) is 25.9. The fourth-order valence-corrected chi connectivity index (χ4v) is 3.45. The van der Waals surface area contributed by atoms with Crippen LogP contribution in [-0.4, -0.2) is 89.3 Å². The van der Waals surface area contributed by atoms with Crippen molar-refractivity contribution in [3.63, 3.8) is 0 Å². The number of rotatable bonds is 11. The lowest BCUT2D eigenvalue weighted by Crippen LogP contribution is -2.46. The number of guanidine groups is 1. The monoisotopic (exact) mass is 512 g/mol. The van der Waals surface area contributed by atoms with Gasteiger partial charge in [0.25, 0.3) is 0 Å². The van der Waals surface area contributed by atoms with Crippen LogP contribution in [0.25, 0.3) is 0 Å². The Labute approximate surface area is 188 Å². The van der Waals surface area contributed by atoms with E-state index in [4.69, 9.17) is 19.2 Å². The van der Waals surface area contributed by atoms with E-state index in [0.717, 1.165) is 84.6 Å². The molecule has 2 saturated heterocycles. The van der Waals surface area contributed by atoms with E-state index in [1.54, 1.807) is 0 Å². The van der Waals surface area contributed by atoms with Crippen LogP contribution in [-0.2, 0) is 14.2 Å². The summed E-state index contributed by atoms with van der Waals surface area (Å²) >= 11 is 0. The van der Waals surface area contributed by atoms with E-state index in [2.05, 4.69) is 36.3 Å². The molecule has 0 aliphatic carbocycles. The van der Waals surface area contributed by atoms with Crippen LogP contribution in [0.1, 0.15) is 33.6 Å². The van der Waals surface area contributed by atoms with Gasteiger partial charge in [0.15, 0.2) is 5.96 Å². The molecule has 0 amide bonds. The summed E-state index contributed by atoms with van der Waals surface area (Å²) in [5.74, 6) is 2.14. The van der Waals surface area contributed by atoms with Crippen molar-refractivity contribution in [2.24, 2.45) is 16.8 Å². The summed E-state index contributed by atoms with van der Waals surface area (Å²) < 4.78 is 17.0. The zero-order valence-electron chi connectivity index (χ0n) is 18.0. The van der Waals surface area contributed by atoms with Gasteiger partial charge in [-0.2, -0.15) is 0 Å². The van der Waals surface area contributed by atoms with Crippen LogP contribution in [0.5, 0.6) is 0 Å². The van der Waals surface area contributed by atoms with Crippen molar-refractivity contribution < 1.29 is 14.2 Å². The molecular weight excluding hydrogens is 471 g/mol. The maximum atomic E-state index is 5.89. The first-order chi connectivity index (χ1) is 13.2. The summed E-state index contributed by atoms with van der Waals surface area (Å²) in [5, 5.41) is 6.71. The molecule has 2 atom stereocenters. The summed E-state index contributed by atoms with van der Waals surface area (Å²) in [5.41, 5.74) is 0. The Morgan fingerprint density at radius 3 is 2.86 bits per heavy atom. The Morgan fingerprint density at radius 1 is 1.29 bits per heavy atom. The van der Waals surface area contributed by atoms with Gasteiger partial charge in [0.1, 0.15) is 0 Å². The number of hydrogen-bond acceptors (Lipinski definition) is 5. The Morgan fingerprint density at radius 2 is 2.14 bits per heavy atom. The van der Waals surface area contributed by atoms with E-state index in [0.29, 0.717) is 18.4 Å². The fraction of sp³-hybridized carbons (Fsp3) is 0.950. The molecule has 0 bridgehead atoms. The molecule has 2 rings (SSSR count). The molecule has 2 N–H and O–H groups in total. The number of aliphatic imine (C=N–C) groups is 1. The zero-order valence-corrected chi connectivity index (χ0v) is 20.3. The summed E-state index contributed by atoms with van der Waals surface area (Å²) in [6, 6.07) is 0. The molecule has 2 heterocycles. The lowest BCUT2D eigenvalue weighted by atomic mass is 10.1. The van der Waals surface area contributed by atoms with Crippen LogP contribution >= 0.6 is 24.0 Å². The molecule has 0 radical (unpaired) electrons. The molecule has 0 aromatic carbocycles. The van der Waals surface area contributed by atoms with Crippen LogP contribution < -0.4 is 10.6 Å². The van der Waals surface area contributed by atoms with Crippen LogP contribution in [0, 0.1) is 11.8 Å². The SMILES string of the molecule is CCNC(=NCC1CN(CC(C)C)CCO1)NCCCOCC1CCOC1.I. The molecule has 166 valence electrons. The van der Waals surface area contributed by atoms with Gasteiger partial charge in [-0.25, -0.2) is 0 Å². The third-order valence-corrected chi connectivity index (χ3v) is 4.78. The molecule has 0 aromatic heterocycles. The molecule has 8 heteroatoms. The third kappa shape index (κ3) is 11.1. The lowest BCUT2D eigenvalue weighted by Gasteiger charge is -2.33. The Balaban J connectivity index is 0.00000392. The normalized spacial score (nSPS) is 23.6. The van der Waals surface area contributed by atoms with Gasteiger partial charge in [-0.15, -0.1) is 24.0 Å². The summed E-state index contributed by atoms with van der Waals surface area (Å²) in [6.07, 6.45) is 2.29. The number of ether oxygens (including phenoxy) is 3. The second kappa shape index (κ2) is 15.6. The molecule has 7 nitrogen and oxygen atoms in total. The maximum absolute atomic E-state index is 5.89. The zero-order chi connectivity index (χ0) is 19.3. The van der Waals surface area contributed by atoms with Gasteiger partial charge in [0.2, 0.25) is 0 Å². The predicted molar refractivity (Wildman–Crippen MR) is 125 cm³/mol. The predicted octanol–water partition coefficient (Wildman–Crippen LogP) is 1.96. The van der Waals surface area contributed by atoms with Crippen molar-refractivity contribution in [2.75, 3.05) is 72.3 Å². The van der Waals surface area contributed by atoms with Gasteiger partial charge in [0, 0.05) is 51.9 Å². The second-order valence-corrected chi connectivity index (χ2v) is 7.95. The average Bonchev–Trinajstić information content (AvgIpc) is 3.15. The van der Waals surface area contributed by atoms with Gasteiger partial charge in [-0.05, 0) is 25.7 Å². The molecular formula is C20H41IN4O3. The maximum Gasteiger partial charge on any atom is 0.191 e. The molecule has 2 aliphatic heterocycles. The highest BCUT2D eigenvalue weighted by Crippen LogP contribution is 2.12. The Kier molecular flexibility index (Phi) is 14.5. The minimum absolute atomic E-state index is 0. The third-order valence-electron chi connectivity index (χ3n) is 4.78. The molecule has 0 aromatic rings. The van der Waals surface area contributed by atoms with E-state index < -0.39 is 0 Å². The van der Waals surface area contributed by atoms with Gasteiger partial charge < -0.3 is 24.8 Å². The van der Waals surface area contributed by atoms with Crippen molar-refractivity contribution in [3.05, 3.63) is 0 Å². The Bertz CT molecular complexity index is 420. The topological polar surface area (TPSA) is 67.4 Å². The molecule has 0 saturated carbocycles. The van der Waals surface area contributed by atoms with Crippen molar-refractivity contribution >= 4 is 29.9 Å². The number of nitrogens with zero attached hydrogens (tertiary/aromatic N) is 2. The minimum atomic E-state index is 0. The minimum Gasteiger partial charge on any atom is -0.381 e. The van der Waals surface area contributed by atoms with Crippen LogP contribution in [0.3, 0.4) is 0 Å². The number of morpholine rings is 1. The van der Waals surface area contributed by atoms with Crippen molar-refractivity contribution in [1.82, 2.24) is 15.5 Å². The second-order valence-electron chi connectivity index (χ2n) is 7.95. The molecule has 2 aliphatic rings. The molecule has 28 heavy (non-hydrogen) atoms. The molecule has 0 spiro atoms. The van der Waals surface area contributed by atoms with Crippen molar-refractivity contribution in [1.29, 1.82) is 0 Å². The number of hydrogen-bond donors (Lipinski definition) is 2. The highest BCUT2D eigenvalue weighted by molar-refractivity contribution is 14.0. The summed E-state index contributed by atoms with van der Waals surface area (Å²) in [4.78, 5) is 7.20. The number of halogens is 1. The van der Waals surface area contributed by atoms with Gasteiger partial charge in [-0.1, -0.05) is 13.8 Å².